The zero-order valence-electron chi connectivity index (χ0n) is 17.1. The summed E-state index contributed by atoms with van der Waals surface area (Å²) in [7, 11) is 1.96. The predicted molar refractivity (Wildman–Crippen MR) is 119 cm³/mol. The van der Waals surface area contributed by atoms with Crippen LogP contribution in [-0.4, -0.2) is 20.4 Å². The van der Waals surface area contributed by atoms with E-state index in [-0.39, 0.29) is 7.12 Å². The standard InChI is InChI=1S/C23H23N5O2.H2/c1-14(2)15-5-4-6-16(11-15)26-23-27-19-12-17(7-8-21(19)28(23)3)30-18-9-10-25-20(13-18)22(24)29;/h4-14H,1-3H3,(H2,24,29)(H,26,27);1H. The zero-order valence-corrected chi connectivity index (χ0v) is 17.1. The molecule has 0 fully saturated rings. The van der Waals surface area contributed by atoms with Gasteiger partial charge >= 0.3 is 0 Å². The van der Waals surface area contributed by atoms with Gasteiger partial charge in [0.2, 0.25) is 5.95 Å². The first-order valence-corrected chi connectivity index (χ1v) is 9.68. The number of primary amides is 1. The van der Waals surface area contributed by atoms with Crippen LogP contribution in [0.4, 0.5) is 11.6 Å². The van der Waals surface area contributed by atoms with Crippen LogP contribution in [0.15, 0.2) is 60.8 Å². The number of hydrogen-bond donors (Lipinski definition) is 2. The Labute approximate surface area is 176 Å². The van der Waals surface area contributed by atoms with Gasteiger partial charge in [0.15, 0.2) is 0 Å². The molecule has 0 bridgehead atoms. The average molecular weight is 403 g/mol. The summed E-state index contributed by atoms with van der Waals surface area (Å²) in [5.41, 5.74) is 9.46. The van der Waals surface area contributed by atoms with Gasteiger partial charge in [0.05, 0.1) is 11.0 Å². The lowest BCUT2D eigenvalue weighted by molar-refractivity contribution is 0.0995. The van der Waals surface area contributed by atoms with Crippen molar-refractivity contribution in [1.82, 2.24) is 14.5 Å². The monoisotopic (exact) mass is 403 g/mol. The number of pyridine rings is 1. The number of hydrogen-bond acceptors (Lipinski definition) is 5. The molecule has 0 saturated carbocycles. The Bertz CT molecular complexity index is 1240. The van der Waals surface area contributed by atoms with E-state index in [1.807, 2.05) is 41.9 Å². The Hall–Kier alpha value is -3.87. The van der Waals surface area contributed by atoms with Crippen molar-refractivity contribution in [3.8, 4) is 11.5 Å². The van der Waals surface area contributed by atoms with E-state index >= 15 is 0 Å². The van der Waals surface area contributed by atoms with Gasteiger partial charge in [-0.05, 0) is 41.8 Å². The molecule has 154 valence electrons. The van der Waals surface area contributed by atoms with Crippen molar-refractivity contribution < 1.29 is 11.0 Å². The molecule has 30 heavy (non-hydrogen) atoms. The largest absolute Gasteiger partial charge is 0.457 e. The normalized spacial score (nSPS) is 11.1. The molecule has 0 aliphatic rings. The summed E-state index contributed by atoms with van der Waals surface area (Å²) in [5.74, 6) is 1.68. The molecule has 7 nitrogen and oxygen atoms in total. The van der Waals surface area contributed by atoms with Crippen LogP contribution < -0.4 is 15.8 Å². The minimum absolute atomic E-state index is 0. The number of ether oxygens (including phenoxy) is 1. The molecule has 0 unspecified atom stereocenters. The van der Waals surface area contributed by atoms with Crippen LogP contribution in [0.2, 0.25) is 0 Å². The molecule has 1 amide bonds. The number of carbonyl (C=O) groups excluding carboxylic acids is 1. The van der Waals surface area contributed by atoms with Gasteiger partial charge in [-0.3, -0.25) is 9.78 Å². The second-order valence-electron chi connectivity index (χ2n) is 7.39. The summed E-state index contributed by atoms with van der Waals surface area (Å²) in [5, 5.41) is 3.40. The summed E-state index contributed by atoms with van der Waals surface area (Å²) in [4.78, 5) is 20.0. The Morgan fingerprint density at radius 3 is 2.70 bits per heavy atom. The van der Waals surface area contributed by atoms with E-state index in [1.54, 1.807) is 6.07 Å². The smallest absolute Gasteiger partial charge is 0.267 e. The summed E-state index contributed by atoms with van der Waals surface area (Å²) >= 11 is 0. The molecule has 2 aromatic carbocycles. The predicted octanol–water partition coefficient (Wildman–Crippen LogP) is 4.97. The number of rotatable bonds is 6. The number of benzene rings is 2. The maximum Gasteiger partial charge on any atom is 0.267 e. The highest BCUT2D eigenvalue weighted by molar-refractivity contribution is 5.91. The number of amides is 1. The van der Waals surface area contributed by atoms with Gasteiger partial charge in [0, 0.05) is 32.5 Å². The fraction of sp³-hybridized carbons (Fsp3) is 0.174. The van der Waals surface area contributed by atoms with Crippen LogP contribution in [0.25, 0.3) is 11.0 Å². The maximum atomic E-state index is 11.3. The molecular weight excluding hydrogens is 378 g/mol. The van der Waals surface area contributed by atoms with Crippen molar-refractivity contribution in [1.29, 1.82) is 0 Å². The van der Waals surface area contributed by atoms with E-state index in [9.17, 15) is 4.79 Å². The fourth-order valence-electron chi connectivity index (χ4n) is 3.21. The van der Waals surface area contributed by atoms with Gasteiger partial charge in [0.1, 0.15) is 17.2 Å². The quantitative estimate of drug-likeness (QED) is 0.474. The molecule has 4 aromatic rings. The highest BCUT2D eigenvalue weighted by Crippen LogP contribution is 2.28. The number of carbonyl (C=O) groups is 1. The third kappa shape index (κ3) is 3.96. The van der Waals surface area contributed by atoms with Gasteiger partial charge in [-0.15, -0.1) is 0 Å². The van der Waals surface area contributed by atoms with E-state index in [0.29, 0.717) is 17.4 Å². The lowest BCUT2D eigenvalue weighted by Gasteiger charge is -2.10. The van der Waals surface area contributed by atoms with Crippen LogP contribution >= 0.6 is 0 Å². The van der Waals surface area contributed by atoms with Crippen molar-refractivity contribution >= 4 is 28.6 Å². The lowest BCUT2D eigenvalue weighted by atomic mass is 10.0. The average Bonchev–Trinajstić information content (AvgIpc) is 3.03. The van der Waals surface area contributed by atoms with Crippen LogP contribution in [0.3, 0.4) is 0 Å². The Morgan fingerprint density at radius 2 is 1.93 bits per heavy atom. The number of nitrogens with one attached hydrogen (secondary N) is 1. The third-order valence-corrected chi connectivity index (χ3v) is 4.88. The number of imidazole rings is 1. The topological polar surface area (TPSA) is 95.1 Å². The van der Waals surface area contributed by atoms with Crippen LogP contribution in [0.1, 0.15) is 37.2 Å². The molecule has 7 heteroatoms. The van der Waals surface area contributed by atoms with Gasteiger partial charge in [-0.2, -0.15) is 0 Å². The number of fused-ring (bicyclic) bond motifs is 1. The van der Waals surface area contributed by atoms with E-state index in [0.717, 1.165) is 22.7 Å². The summed E-state index contributed by atoms with van der Waals surface area (Å²) in [6.07, 6.45) is 1.49. The first-order valence-electron chi connectivity index (χ1n) is 9.68. The molecule has 2 aromatic heterocycles. The molecule has 0 saturated heterocycles. The molecule has 0 spiro atoms. The Kier molecular flexibility index (Phi) is 5.10. The van der Waals surface area contributed by atoms with Crippen LogP contribution in [0.5, 0.6) is 11.5 Å². The molecule has 0 aliphatic heterocycles. The minimum atomic E-state index is -0.599. The first-order chi connectivity index (χ1) is 14.4. The highest BCUT2D eigenvalue weighted by atomic mass is 16.5. The molecule has 0 aliphatic carbocycles. The van der Waals surface area contributed by atoms with Gasteiger partial charge in [0.25, 0.3) is 5.91 Å². The lowest BCUT2D eigenvalue weighted by Crippen LogP contribution is -2.12. The van der Waals surface area contributed by atoms with Gasteiger partial charge < -0.3 is 20.4 Å². The van der Waals surface area contributed by atoms with Crippen molar-refractivity contribution in [3.63, 3.8) is 0 Å². The SMILES string of the molecule is CC(C)c1cccc(Nc2nc3cc(Oc4ccnc(C(N)=O)c4)ccc3n2C)c1.[HH]. The molecule has 3 N–H and O–H groups in total. The van der Waals surface area contributed by atoms with Crippen molar-refractivity contribution in [2.45, 2.75) is 19.8 Å². The second kappa shape index (κ2) is 7.87. The minimum Gasteiger partial charge on any atom is -0.457 e. The number of nitrogens with two attached hydrogens (primary N) is 1. The zero-order chi connectivity index (χ0) is 21.3. The van der Waals surface area contributed by atoms with Crippen molar-refractivity contribution in [3.05, 3.63) is 72.1 Å². The fourth-order valence-corrected chi connectivity index (χ4v) is 3.21. The van der Waals surface area contributed by atoms with E-state index in [1.165, 1.54) is 17.8 Å². The molecule has 0 radical (unpaired) electrons. The summed E-state index contributed by atoms with van der Waals surface area (Å²) in [6, 6.07) is 17.2. The molecule has 0 atom stereocenters. The Balaban J connectivity index is 0.00000272. The van der Waals surface area contributed by atoms with E-state index in [4.69, 9.17) is 15.5 Å². The van der Waals surface area contributed by atoms with Crippen LogP contribution in [-0.2, 0) is 7.05 Å². The van der Waals surface area contributed by atoms with E-state index in [2.05, 4.69) is 36.3 Å². The van der Waals surface area contributed by atoms with Crippen molar-refractivity contribution in [2.75, 3.05) is 5.32 Å². The number of aryl methyl sites for hydroxylation is 1. The highest BCUT2D eigenvalue weighted by Gasteiger charge is 2.11. The maximum absolute atomic E-state index is 11.3. The van der Waals surface area contributed by atoms with Gasteiger partial charge in [-0.1, -0.05) is 26.0 Å². The van der Waals surface area contributed by atoms with E-state index < -0.39 is 5.91 Å². The second-order valence-corrected chi connectivity index (χ2v) is 7.39. The van der Waals surface area contributed by atoms with Crippen molar-refractivity contribution in [2.24, 2.45) is 12.8 Å². The summed E-state index contributed by atoms with van der Waals surface area (Å²) in [6.45, 7) is 4.34. The number of anilines is 2. The molecular formula is C23H25N5O2. The Morgan fingerprint density at radius 1 is 1.13 bits per heavy atom. The molecule has 2 heterocycles. The first kappa shape index (κ1) is 19.4. The number of nitrogens with zero attached hydrogens (tertiary/aromatic N) is 3. The summed E-state index contributed by atoms with van der Waals surface area (Å²) < 4.78 is 7.87. The molecule has 4 rings (SSSR count). The van der Waals surface area contributed by atoms with Gasteiger partial charge in [-0.25, -0.2) is 4.98 Å². The third-order valence-electron chi connectivity index (χ3n) is 4.88. The van der Waals surface area contributed by atoms with Crippen LogP contribution in [0, 0.1) is 0 Å². The number of aromatic nitrogens is 3.